The molecule has 0 unspecified atom stereocenters. The van der Waals surface area contributed by atoms with Crippen molar-refractivity contribution < 1.29 is 0 Å². The van der Waals surface area contributed by atoms with Gasteiger partial charge in [0.2, 0.25) is 0 Å². The van der Waals surface area contributed by atoms with E-state index in [1.165, 1.54) is 0 Å². The second kappa shape index (κ2) is 24.9. The number of aromatic nitrogens is 12. The van der Waals surface area contributed by atoms with Gasteiger partial charge in [-0.25, -0.2) is 39.9 Å². The van der Waals surface area contributed by atoms with Gasteiger partial charge in [0, 0.05) is 73.3 Å². The van der Waals surface area contributed by atoms with E-state index < -0.39 is 0 Å². The van der Waals surface area contributed by atoms with Crippen LogP contribution in [0.15, 0.2) is 219 Å². The zero-order valence-electron chi connectivity index (χ0n) is 53.7. The van der Waals surface area contributed by atoms with Gasteiger partial charge in [-0.05, 0) is 77.4 Å². The maximum atomic E-state index is 9.40. The first-order valence-corrected chi connectivity index (χ1v) is 32.1. The molecule has 0 radical (unpaired) electrons. The highest BCUT2D eigenvalue weighted by molar-refractivity contribution is 6.32. The molecule has 7 aromatic heterocycles. The van der Waals surface area contributed by atoms with Crippen LogP contribution in [0.1, 0.15) is 45.6 Å². The summed E-state index contributed by atoms with van der Waals surface area (Å²) in [4.78, 5) is 53.8. The minimum Gasteiger partial charge on any atom is -0.256 e. The Hall–Kier alpha value is -16.4. The van der Waals surface area contributed by atoms with Crippen molar-refractivity contribution in [2.45, 2.75) is 0 Å². The van der Waals surface area contributed by atoms with Crippen LogP contribution < -0.4 is 0 Å². The Labute approximate surface area is 585 Å². The Morgan fingerprint density at radius 2 is 0.413 bits per heavy atom. The van der Waals surface area contributed by atoms with Gasteiger partial charge in [0.15, 0.2) is 45.6 Å². The fraction of sp³-hybridized carbons (Fsp3) is 0. The maximum Gasteiger partial charge on any atom is 0.177 e. The normalized spacial score (nSPS) is 11.0. The van der Waals surface area contributed by atoms with Gasteiger partial charge in [-0.15, -0.1) is 0 Å². The first kappa shape index (κ1) is 61.2. The van der Waals surface area contributed by atoms with E-state index in [0.717, 1.165) is 113 Å². The predicted octanol–water partition coefficient (Wildman–Crippen LogP) is 16.9. The van der Waals surface area contributed by atoms with E-state index in [0.29, 0.717) is 60.7 Å². The van der Waals surface area contributed by atoms with Gasteiger partial charge < -0.3 is 0 Å². The molecule has 0 bridgehead atoms. The van der Waals surface area contributed by atoms with Crippen LogP contribution >= 0.6 is 0 Å². The van der Waals surface area contributed by atoms with Crippen LogP contribution in [0, 0.1) is 90.6 Å². The lowest BCUT2D eigenvalue weighted by molar-refractivity contribution is 1.20. The molecule has 0 saturated carbocycles. The second-order valence-electron chi connectivity index (χ2n) is 23.8. The number of nitrogens with zero attached hydrogens (tertiary/aromatic N) is 20. The van der Waals surface area contributed by atoms with Crippen molar-refractivity contribution in [3.05, 3.63) is 264 Å². The molecule has 20 nitrogen and oxygen atoms in total. The lowest BCUT2D eigenvalue weighted by Crippen LogP contribution is -1.99. The molecule has 0 amide bonds. The number of hydrogen-bond acceptors (Lipinski definition) is 20. The van der Waals surface area contributed by atoms with Crippen LogP contribution in [-0.4, -0.2) is 59.8 Å². The number of rotatable bonds is 0. The molecule has 0 N–H and O–H groups in total. The van der Waals surface area contributed by atoms with Gasteiger partial charge in [0.05, 0.1) is 33.1 Å². The number of benzene rings is 13. The molecule has 0 aliphatic carbocycles. The van der Waals surface area contributed by atoms with Crippen LogP contribution in [-0.2, 0) is 0 Å². The highest BCUT2D eigenvalue weighted by Gasteiger charge is 2.23. The fourth-order valence-electron chi connectivity index (χ4n) is 14.0. The predicted molar refractivity (Wildman–Crippen MR) is 397 cm³/mol. The quantitative estimate of drug-likeness (QED) is 0.127. The summed E-state index contributed by atoms with van der Waals surface area (Å²) in [5.41, 5.74) is 7.69. The molecule has 472 valence electrons. The van der Waals surface area contributed by atoms with E-state index in [-0.39, 0.29) is 45.6 Å². The molecule has 0 aliphatic heterocycles. The molecule has 20 rings (SSSR count). The Morgan fingerprint density at radius 3 is 0.837 bits per heavy atom. The molecule has 20 aromatic rings. The molecule has 104 heavy (non-hydrogen) atoms. The van der Waals surface area contributed by atoms with E-state index in [2.05, 4.69) is 102 Å². The topological polar surface area (TPSA) is 345 Å². The fourth-order valence-corrected chi connectivity index (χ4v) is 14.0. The molecule has 7 heterocycles. The molecule has 0 atom stereocenters. The third kappa shape index (κ3) is 9.69. The minimum atomic E-state index is -0.00783. The van der Waals surface area contributed by atoms with E-state index in [1.54, 1.807) is 24.8 Å². The third-order valence-corrected chi connectivity index (χ3v) is 18.4. The SMILES string of the molecule is N#Cc1nc2c3ccccc3c3ccc4ccccc4c3c2nc1C#N.N#Cc1nc2c3cccnc3c3ccc4ccccc4c3c2nc1C#N.N#Cc1nc2c3ncccc3c3ccc4ccccc4c3c2nc1C#N.N#Cc1nc2c3nccnc3c3ccc4ccccc4c3c2nc1C#N. The summed E-state index contributed by atoms with van der Waals surface area (Å²) >= 11 is 0. The maximum absolute atomic E-state index is 9.40. The molecule has 13 aromatic carbocycles. The van der Waals surface area contributed by atoms with Crippen LogP contribution in [0.2, 0.25) is 0 Å². The smallest absolute Gasteiger partial charge is 0.177 e. The largest absolute Gasteiger partial charge is 0.256 e. The molecule has 20 heteroatoms. The van der Waals surface area contributed by atoms with Gasteiger partial charge in [-0.3, -0.25) is 19.9 Å². The summed E-state index contributed by atoms with van der Waals surface area (Å²) in [6.07, 6.45) is 6.65. The van der Waals surface area contributed by atoms with Crippen LogP contribution in [0.5, 0.6) is 0 Å². The van der Waals surface area contributed by atoms with E-state index >= 15 is 0 Å². The Morgan fingerprint density at radius 1 is 0.163 bits per heavy atom. The van der Waals surface area contributed by atoms with Crippen molar-refractivity contribution in [3.8, 4) is 48.6 Å². The summed E-state index contributed by atoms with van der Waals surface area (Å²) in [6, 6.07) is 79.9. The molecule has 0 aliphatic rings. The summed E-state index contributed by atoms with van der Waals surface area (Å²) < 4.78 is 0. The highest BCUT2D eigenvalue weighted by atomic mass is 14.9. The summed E-state index contributed by atoms with van der Waals surface area (Å²) in [5, 5.41) is 94.6. The van der Waals surface area contributed by atoms with Crippen LogP contribution in [0.25, 0.3) is 174 Å². The van der Waals surface area contributed by atoms with Gasteiger partial charge in [-0.1, -0.05) is 176 Å². The van der Waals surface area contributed by atoms with Gasteiger partial charge in [-0.2, -0.15) is 42.1 Å². The first-order valence-electron chi connectivity index (χ1n) is 32.1. The van der Waals surface area contributed by atoms with Crippen LogP contribution in [0.3, 0.4) is 0 Å². The molecular weight excluding hydrogens is 1290 g/mol. The van der Waals surface area contributed by atoms with Gasteiger partial charge in [0.1, 0.15) is 81.7 Å². The first-order chi connectivity index (χ1) is 51.3. The number of fused-ring (bicyclic) bond motifs is 32. The lowest BCUT2D eigenvalue weighted by Gasteiger charge is -2.12. The van der Waals surface area contributed by atoms with Crippen molar-refractivity contribution in [2.24, 2.45) is 0 Å². The van der Waals surface area contributed by atoms with Crippen molar-refractivity contribution in [3.63, 3.8) is 0 Å². The molecule has 0 fully saturated rings. The minimum absolute atomic E-state index is 0.00783. The van der Waals surface area contributed by atoms with Gasteiger partial charge in [0.25, 0.3) is 0 Å². The van der Waals surface area contributed by atoms with E-state index in [4.69, 9.17) is 0 Å². The Kier molecular flexibility index (Phi) is 14.7. The number of pyridine rings is 2. The average Bonchev–Trinajstić information content (AvgIpc) is 0.747. The van der Waals surface area contributed by atoms with Crippen LogP contribution in [0.4, 0.5) is 0 Å². The average molecular weight is 1330 g/mol. The summed E-state index contributed by atoms with van der Waals surface area (Å²) in [7, 11) is 0. The Bertz CT molecular complexity index is 6700. The zero-order chi connectivity index (χ0) is 70.7. The van der Waals surface area contributed by atoms with Gasteiger partial charge >= 0.3 is 0 Å². The van der Waals surface area contributed by atoms with E-state index in [9.17, 15) is 42.1 Å². The van der Waals surface area contributed by atoms with Crippen molar-refractivity contribution >= 4 is 174 Å². The molecule has 0 saturated heterocycles. The third-order valence-electron chi connectivity index (χ3n) is 18.4. The lowest BCUT2D eigenvalue weighted by atomic mass is 9.95. The second-order valence-corrected chi connectivity index (χ2v) is 23.8. The molecular formula is C84H36N20. The highest BCUT2D eigenvalue weighted by Crippen LogP contribution is 2.42. The summed E-state index contributed by atoms with van der Waals surface area (Å²) in [6.45, 7) is 0. The van der Waals surface area contributed by atoms with E-state index in [1.807, 2.05) is 200 Å². The zero-order valence-corrected chi connectivity index (χ0v) is 53.7. The monoisotopic (exact) mass is 1320 g/mol. The number of nitriles is 8. The van der Waals surface area contributed by atoms with Crippen molar-refractivity contribution in [1.29, 1.82) is 42.1 Å². The summed E-state index contributed by atoms with van der Waals surface area (Å²) in [5.74, 6) is 0. The standard InChI is InChI=1S/C22H10N4.2C21H9N5.C20H8N6/c23-11-18-19(12-24)26-22-20-14-6-2-1-5-13(14)9-10-16(20)15-7-3-4-8-17(15)21(22)25-18;22-10-16-17(11-23)26-21-18-13-5-2-1-4-12(13)7-8-14(18)19-15(20(21)25-16)6-3-9-24-19;22-10-16-17(11-23)26-21-19-15(6-3-9-24-19)14-8-7-12-4-1-2-5-13(12)18(14)20(21)25-16;21-9-14-15(10-22)26-20-18(25-14)16-12-4-2-1-3-11(12)5-6-13(16)17-19(20)24-8-7-23-17/h1-10H;2*1-9H;1-8H. The van der Waals surface area contributed by atoms with Crippen molar-refractivity contribution in [1.82, 2.24) is 59.8 Å². The Balaban J connectivity index is 0.000000103. The number of hydrogen-bond donors (Lipinski definition) is 0. The van der Waals surface area contributed by atoms with Crippen molar-refractivity contribution in [2.75, 3.05) is 0 Å². The molecule has 0 spiro atoms.